The van der Waals surface area contributed by atoms with Crippen molar-refractivity contribution in [3.63, 3.8) is 0 Å². The first kappa shape index (κ1) is 25.5. The van der Waals surface area contributed by atoms with Gasteiger partial charge in [-0.2, -0.15) is 0 Å². The molecule has 1 fully saturated rings. The summed E-state index contributed by atoms with van der Waals surface area (Å²) >= 11 is 0. The monoisotopic (exact) mass is 473 g/mol. The standard InChI is InChI=1S/C24H35N5O5/c1-5-17(2)26-22(30)15-27-9-11-28(12-10-27)23(31)7-6-8-29-16-25-19-14-21(34-4)20(33-3)13-18(19)24(29)32/h13-14,16-17H,5-12,15H2,1-4H3,(H,26,30). The van der Waals surface area contributed by atoms with Gasteiger partial charge in [0.05, 0.1) is 38.0 Å². The summed E-state index contributed by atoms with van der Waals surface area (Å²) in [5.41, 5.74) is 0.355. The highest BCUT2D eigenvalue weighted by Gasteiger charge is 2.22. The first-order chi connectivity index (χ1) is 16.4. The van der Waals surface area contributed by atoms with Crippen molar-refractivity contribution in [1.29, 1.82) is 0 Å². The van der Waals surface area contributed by atoms with Gasteiger partial charge in [-0.05, 0) is 25.8 Å². The van der Waals surface area contributed by atoms with Crippen molar-refractivity contribution in [1.82, 2.24) is 24.7 Å². The van der Waals surface area contributed by atoms with Crippen LogP contribution in [0, 0.1) is 0 Å². The van der Waals surface area contributed by atoms with Crippen LogP contribution >= 0.6 is 0 Å². The molecule has 1 aliphatic heterocycles. The number of fused-ring (bicyclic) bond motifs is 1. The third-order valence-electron chi connectivity index (χ3n) is 6.23. The minimum Gasteiger partial charge on any atom is -0.493 e. The predicted octanol–water partition coefficient (Wildman–Crippen LogP) is 1.25. The Balaban J connectivity index is 1.49. The second-order valence-corrected chi connectivity index (χ2v) is 8.60. The zero-order valence-electron chi connectivity index (χ0n) is 20.5. The van der Waals surface area contributed by atoms with Crippen molar-refractivity contribution in [3.05, 3.63) is 28.8 Å². The fourth-order valence-corrected chi connectivity index (χ4v) is 3.98. The maximum absolute atomic E-state index is 12.9. The number of hydrogen-bond acceptors (Lipinski definition) is 7. The Labute approximate surface area is 199 Å². The van der Waals surface area contributed by atoms with Gasteiger partial charge < -0.3 is 19.7 Å². The van der Waals surface area contributed by atoms with Crippen molar-refractivity contribution in [3.8, 4) is 11.5 Å². The molecule has 34 heavy (non-hydrogen) atoms. The number of ether oxygens (including phenoxy) is 2. The molecule has 0 saturated carbocycles. The number of methoxy groups -OCH3 is 2. The van der Waals surface area contributed by atoms with E-state index in [4.69, 9.17) is 9.47 Å². The van der Waals surface area contributed by atoms with E-state index < -0.39 is 0 Å². The molecule has 1 unspecified atom stereocenters. The fourth-order valence-electron chi connectivity index (χ4n) is 3.98. The summed E-state index contributed by atoms with van der Waals surface area (Å²) in [7, 11) is 3.05. The molecule has 3 rings (SSSR count). The summed E-state index contributed by atoms with van der Waals surface area (Å²) in [6, 6.07) is 3.48. The number of carbonyl (C=O) groups is 2. The zero-order valence-corrected chi connectivity index (χ0v) is 20.5. The lowest BCUT2D eigenvalue weighted by molar-refractivity contribution is -0.133. The molecule has 0 radical (unpaired) electrons. The highest BCUT2D eigenvalue weighted by atomic mass is 16.5. The lowest BCUT2D eigenvalue weighted by Gasteiger charge is -2.34. The van der Waals surface area contributed by atoms with Gasteiger partial charge in [0.1, 0.15) is 0 Å². The first-order valence-corrected chi connectivity index (χ1v) is 11.8. The molecule has 2 heterocycles. The van der Waals surface area contributed by atoms with E-state index in [9.17, 15) is 14.4 Å². The fraction of sp³-hybridized carbons (Fsp3) is 0.583. The second-order valence-electron chi connectivity index (χ2n) is 8.60. The molecule has 1 aromatic heterocycles. The number of carbonyl (C=O) groups excluding carboxylic acids is 2. The van der Waals surface area contributed by atoms with Crippen LogP contribution in [0.5, 0.6) is 11.5 Å². The van der Waals surface area contributed by atoms with E-state index in [2.05, 4.69) is 15.2 Å². The normalized spacial score (nSPS) is 15.2. The smallest absolute Gasteiger partial charge is 0.261 e. The molecule has 0 aliphatic carbocycles. The summed E-state index contributed by atoms with van der Waals surface area (Å²) in [5, 5.41) is 3.42. The van der Waals surface area contributed by atoms with Crippen molar-refractivity contribution in [2.75, 3.05) is 46.9 Å². The number of hydrogen-bond donors (Lipinski definition) is 1. The van der Waals surface area contributed by atoms with Gasteiger partial charge in [0, 0.05) is 51.3 Å². The minimum atomic E-state index is -0.178. The molecule has 1 aliphatic rings. The lowest BCUT2D eigenvalue weighted by atomic mass is 10.2. The average molecular weight is 474 g/mol. The number of benzene rings is 1. The van der Waals surface area contributed by atoms with E-state index >= 15 is 0 Å². The summed E-state index contributed by atoms with van der Waals surface area (Å²) in [6.07, 6.45) is 3.30. The van der Waals surface area contributed by atoms with Gasteiger partial charge in [0.2, 0.25) is 11.8 Å². The van der Waals surface area contributed by atoms with E-state index in [1.54, 1.807) is 12.1 Å². The number of amides is 2. The highest BCUT2D eigenvalue weighted by Crippen LogP contribution is 2.29. The molecular weight excluding hydrogens is 438 g/mol. The highest BCUT2D eigenvalue weighted by molar-refractivity contribution is 5.81. The number of aromatic nitrogens is 2. The number of aryl methyl sites for hydroxylation is 1. The molecule has 0 bridgehead atoms. The van der Waals surface area contributed by atoms with E-state index in [-0.39, 0.29) is 23.4 Å². The Kier molecular flexibility index (Phi) is 8.86. The van der Waals surface area contributed by atoms with Crippen molar-refractivity contribution in [2.45, 2.75) is 45.7 Å². The van der Waals surface area contributed by atoms with Crippen LogP contribution in [0.1, 0.15) is 33.1 Å². The van der Waals surface area contributed by atoms with Crippen LogP contribution in [-0.2, 0) is 16.1 Å². The van der Waals surface area contributed by atoms with Crippen LogP contribution in [0.2, 0.25) is 0 Å². The average Bonchev–Trinajstić information content (AvgIpc) is 2.84. The van der Waals surface area contributed by atoms with Gasteiger partial charge in [-0.3, -0.25) is 23.9 Å². The molecule has 1 atom stereocenters. The Morgan fingerprint density at radius 2 is 1.79 bits per heavy atom. The number of rotatable bonds is 10. The van der Waals surface area contributed by atoms with Gasteiger partial charge >= 0.3 is 0 Å². The SMILES string of the molecule is CCC(C)NC(=O)CN1CCN(C(=O)CCCn2cnc3cc(OC)c(OC)cc3c2=O)CC1. The molecule has 0 spiro atoms. The molecule has 10 nitrogen and oxygen atoms in total. The molecule has 1 saturated heterocycles. The summed E-state index contributed by atoms with van der Waals surface area (Å²) < 4.78 is 12.1. The van der Waals surface area contributed by atoms with Gasteiger partial charge in [0.25, 0.3) is 5.56 Å². The number of nitrogens with zero attached hydrogens (tertiary/aromatic N) is 4. The quantitative estimate of drug-likeness (QED) is 0.554. The van der Waals surface area contributed by atoms with Crippen LogP contribution < -0.4 is 20.3 Å². The van der Waals surface area contributed by atoms with Crippen LogP contribution in [0.3, 0.4) is 0 Å². The van der Waals surface area contributed by atoms with Crippen LogP contribution in [0.25, 0.3) is 10.9 Å². The molecule has 186 valence electrons. The summed E-state index contributed by atoms with van der Waals surface area (Å²) in [6.45, 7) is 7.36. The van der Waals surface area contributed by atoms with Crippen molar-refractivity contribution < 1.29 is 19.1 Å². The molecule has 2 aromatic rings. The van der Waals surface area contributed by atoms with Gasteiger partial charge in [-0.15, -0.1) is 0 Å². The Bertz CT molecular complexity index is 1060. The lowest BCUT2D eigenvalue weighted by Crippen LogP contribution is -2.51. The van der Waals surface area contributed by atoms with Crippen LogP contribution in [0.15, 0.2) is 23.3 Å². The van der Waals surface area contributed by atoms with Gasteiger partial charge in [0.15, 0.2) is 11.5 Å². The van der Waals surface area contributed by atoms with Crippen molar-refractivity contribution >= 4 is 22.7 Å². The van der Waals surface area contributed by atoms with E-state index in [1.807, 2.05) is 18.7 Å². The molecule has 10 heteroatoms. The minimum absolute atomic E-state index is 0.0274. The first-order valence-electron chi connectivity index (χ1n) is 11.8. The second kappa shape index (κ2) is 11.8. The third kappa shape index (κ3) is 6.25. The maximum Gasteiger partial charge on any atom is 0.261 e. The van der Waals surface area contributed by atoms with E-state index in [0.717, 1.165) is 6.42 Å². The number of nitrogens with one attached hydrogen (secondary N) is 1. The van der Waals surface area contributed by atoms with E-state index in [0.29, 0.717) is 74.5 Å². The van der Waals surface area contributed by atoms with Crippen LogP contribution in [-0.4, -0.2) is 84.2 Å². The Morgan fingerprint density at radius 1 is 1.12 bits per heavy atom. The molecule has 1 aromatic carbocycles. The maximum atomic E-state index is 12.9. The van der Waals surface area contributed by atoms with Gasteiger partial charge in [-0.25, -0.2) is 4.98 Å². The predicted molar refractivity (Wildman–Crippen MR) is 129 cm³/mol. The molecule has 1 N–H and O–H groups in total. The van der Waals surface area contributed by atoms with Crippen molar-refractivity contribution in [2.24, 2.45) is 0 Å². The topological polar surface area (TPSA) is 106 Å². The van der Waals surface area contributed by atoms with Crippen LogP contribution in [0.4, 0.5) is 0 Å². The molecule has 2 amide bonds. The Hall–Kier alpha value is -3.14. The molecular formula is C24H35N5O5. The van der Waals surface area contributed by atoms with E-state index in [1.165, 1.54) is 25.1 Å². The Morgan fingerprint density at radius 3 is 2.44 bits per heavy atom. The summed E-state index contributed by atoms with van der Waals surface area (Å²) in [4.78, 5) is 45.9. The zero-order chi connectivity index (χ0) is 24.7. The number of piperazine rings is 1. The third-order valence-corrected chi connectivity index (χ3v) is 6.23. The summed E-state index contributed by atoms with van der Waals surface area (Å²) in [5.74, 6) is 1.08. The van der Waals surface area contributed by atoms with Gasteiger partial charge in [-0.1, -0.05) is 6.92 Å². The largest absolute Gasteiger partial charge is 0.493 e.